The Bertz CT molecular complexity index is 140. The van der Waals surface area contributed by atoms with E-state index in [4.69, 9.17) is 0 Å². The molecule has 15 heavy (non-hydrogen) atoms. The average molecular weight is 211 g/mol. The van der Waals surface area contributed by atoms with E-state index in [-0.39, 0.29) is 0 Å². The molecule has 1 rings (SSSR count). The van der Waals surface area contributed by atoms with Crippen molar-refractivity contribution in [3.8, 4) is 0 Å². The molecule has 0 amide bonds. The summed E-state index contributed by atoms with van der Waals surface area (Å²) >= 11 is 0. The largest absolute Gasteiger partial charge is 0.303 e. The summed E-state index contributed by atoms with van der Waals surface area (Å²) in [6, 6.07) is 0. The third-order valence-corrected chi connectivity index (χ3v) is 3.65. The van der Waals surface area contributed by atoms with Crippen LogP contribution in [0.15, 0.2) is 0 Å². The molecule has 1 saturated heterocycles. The van der Waals surface area contributed by atoms with Gasteiger partial charge < -0.3 is 4.90 Å². The van der Waals surface area contributed by atoms with Crippen molar-refractivity contribution in [1.82, 2.24) is 4.90 Å². The monoisotopic (exact) mass is 211 g/mol. The van der Waals surface area contributed by atoms with Crippen molar-refractivity contribution in [3.05, 3.63) is 0 Å². The number of likely N-dealkylation sites (tertiary alicyclic amines) is 1. The van der Waals surface area contributed by atoms with Crippen LogP contribution in [0.1, 0.15) is 65.2 Å². The molecule has 0 spiro atoms. The Kier molecular flexibility index (Phi) is 7.08. The maximum Gasteiger partial charge on any atom is 0.000967 e. The van der Waals surface area contributed by atoms with Crippen LogP contribution in [0.2, 0.25) is 0 Å². The Morgan fingerprint density at radius 2 is 1.60 bits per heavy atom. The molecule has 1 unspecified atom stereocenters. The lowest BCUT2D eigenvalue weighted by molar-refractivity contribution is 0.143. The summed E-state index contributed by atoms with van der Waals surface area (Å²) in [5.41, 5.74) is 0. The van der Waals surface area contributed by atoms with E-state index in [0.717, 1.165) is 5.92 Å². The van der Waals surface area contributed by atoms with E-state index in [1.54, 1.807) is 0 Å². The van der Waals surface area contributed by atoms with Crippen molar-refractivity contribution >= 4 is 0 Å². The van der Waals surface area contributed by atoms with E-state index in [9.17, 15) is 0 Å². The molecule has 0 radical (unpaired) electrons. The number of hydrogen-bond donors (Lipinski definition) is 0. The topological polar surface area (TPSA) is 3.24 Å². The summed E-state index contributed by atoms with van der Waals surface area (Å²) < 4.78 is 0. The first-order valence-electron chi connectivity index (χ1n) is 7.09. The first kappa shape index (κ1) is 13.0. The number of rotatable bonds is 9. The third-order valence-electron chi connectivity index (χ3n) is 3.65. The van der Waals surface area contributed by atoms with Gasteiger partial charge in [-0.05, 0) is 38.3 Å². The Hall–Kier alpha value is -0.0400. The van der Waals surface area contributed by atoms with Gasteiger partial charge in [0.25, 0.3) is 0 Å². The van der Waals surface area contributed by atoms with Crippen LogP contribution >= 0.6 is 0 Å². The molecule has 0 bridgehead atoms. The highest BCUT2D eigenvalue weighted by molar-refractivity contribution is 4.73. The smallest absolute Gasteiger partial charge is 0.000967 e. The fourth-order valence-electron chi connectivity index (χ4n) is 2.43. The molecule has 0 aromatic heterocycles. The van der Waals surface area contributed by atoms with Crippen molar-refractivity contribution in [2.45, 2.75) is 65.2 Å². The van der Waals surface area contributed by atoms with Crippen molar-refractivity contribution in [1.29, 1.82) is 0 Å². The SMILES string of the molecule is CCCCCC(CCCC)CN1CCC1. The minimum atomic E-state index is 0.997. The first-order chi connectivity index (χ1) is 7.36. The van der Waals surface area contributed by atoms with E-state index in [2.05, 4.69) is 18.7 Å². The molecule has 1 nitrogen and oxygen atoms in total. The van der Waals surface area contributed by atoms with Crippen LogP contribution in [0.3, 0.4) is 0 Å². The summed E-state index contributed by atoms with van der Waals surface area (Å²) in [7, 11) is 0. The van der Waals surface area contributed by atoms with Gasteiger partial charge in [-0.1, -0.05) is 46.0 Å². The van der Waals surface area contributed by atoms with Crippen molar-refractivity contribution < 1.29 is 0 Å². The fourth-order valence-corrected chi connectivity index (χ4v) is 2.43. The predicted molar refractivity (Wildman–Crippen MR) is 68.2 cm³/mol. The number of hydrogen-bond acceptors (Lipinski definition) is 1. The van der Waals surface area contributed by atoms with E-state index in [1.165, 1.54) is 71.0 Å². The Balaban J connectivity index is 2.11. The van der Waals surface area contributed by atoms with Crippen LogP contribution in [0.25, 0.3) is 0 Å². The molecule has 0 aromatic carbocycles. The van der Waals surface area contributed by atoms with Gasteiger partial charge in [0, 0.05) is 6.54 Å². The van der Waals surface area contributed by atoms with Crippen molar-refractivity contribution in [2.24, 2.45) is 5.92 Å². The normalized spacial score (nSPS) is 18.8. The molecule has 90 valence electrons. The first-order valence-corrected chi connectivity index (χ1v) is 7.09. The molecule has 0 N–H and O–H groups in total. The van der Waals surface area contributed by atoms with Gasteiger partial charge in [0.15, 0.2) is 0 Å². The van der Waals surface area contributed by atoms with Crippen LogP contribution in [0, 0.1) is 5.92 Å². The van der Waals surface area contributed by atoms with Gasteiger partial charge in [-0.2, -0.15) is 0 Å². The molecule has 1 aliphatic heterocycles. The highest BCUT2D eigenvalue weighted by Crippen LogP contribution is 2.20. The van der Waals surface area contributed by atoms with Crippen LogP contribution in [-0.4, -0.2) is 24.5 Å². The van der Waals surface area contributed by atoms with E-state index >= 15 is 0 Å². The molecular formula is C14H29N. The Morgan fingerprint density at radius 1 is 0.933 bits per heavy atom. The fraction of sp³-hybridized carbons (Fsp3) is 1.00. The van der Waals surface area contributed by atoms with Crippen LogP contribution in [0.4, 0.5) is 0 Å². The zero-order valence-electron chi connectivity index (χ0n) is 10.8. The van der Waals surface area contributed by atoms with Crippen LogP contribution in [0.5, 0.6) is 0 Å². The lowest BCUT2D eigenvalue weighted by atomic mass is 9.94. The van der Waals surface area contributed by atoms with E-state index in [0.29, 0.717) is 0 Å². The van der Waals surface area contributed by atoms with Gasteiger partial charge in [0.1, 0.15) is 0 Å². The van der Waals surface area contributed by atoms with Gasteiger partial charge in [0.2, 0.25) is 0 Å². The summed E-state index contributed by atoms with van der Waals surface area (Å²) in [5, 5.41) is 0. The molecule has 1 aliphatic rings. The minimum absolute atomic E-state index is 0.997. The quantitative estimate of drug-likeness (QED) is 0.519. The van der Waals surface area contributed by atoms with Crippen molar-refractivity contribution in [2.75, 3.05) is 19.6 Å². The van der Waals surface area contributed by atoms with Gasteiger partial charge in [-0.15, -0.1) is 0 Å². The van der Waals surface area contributed by atoms with Gasteiger partial charge >= 0.3 is 0 Å². The van der Waals surface area contributed by atoms with Gasteiger partial charge in [-0.25, -0.2) is 0 Å². The van der Waals surface area contributed by atoms with Gasteiger partial charge in [0.05, 0.1) is 0 Å². The summed E-state index contributed by atoms with van der Waals surface area (Å²) in [5.74, 6) is 0.997. The van der Waals surface area contributed by atoms with E-state index in [1.807, 2.05) is 0 Å². The molecule has 1 heteroatoms. The Morgan fingerprint density at radius 3 is 2.13 bits per heavy atom. The second kappa shape index (κ2) is 8.15. The minimum Gasteiger partial charge on any atom is -0.303 e. The number of unbranched alkanes of at least 4 members (excludes halogenated alkanes) is 3. The summed E-state index contributed by atoms with van der Waals surface area (Å²) in [6.45, 7) is 8.75. The molecule has 0 saturated carbocycles. The lowest BCUT2D eigenvalue weighted by Gasteiger charge is -2.34. The van der Waals surface area contributed by atoms with Crippen molar-refractivity contribution in [3.63, 3.8) is 0 Å². The average Bonchev–Trinajstić information content (AvgIpc) is 2.19. The number of nitrogens with zero attached hydrogens (tertiary/aromatic N) is 1. The summed E-state index contributed by atoms with van der Waals surface area (Å²) in [4.78, 5) is 2.65. The third kappa shape index (κ3) is 5.55. The Labute approximate surface area is 96.2 Å². The highest BCUT2D eigenvalue weighted by atomic mass is 15.2. The molecule has 0 aliphatic carbocycles. The zero-order chi connectivity index (χ0) is 10.9. The van der Waals surface area contributed by atoms with Gasteiger partial charge in [-0.3, -0.25) is 0 Å². The van der Waals surface area contributed by atoms with E-state index < -0.39 is 0 Å². The highest BCUT2D eigenvalue weighted by Gasteiger charge is 2.18. The maximum absolute atomic E-state index is 2.65. The maximum atomic E-state index is 2.65. The lowest BCUT2D eigenvalue weighted by Crippen LogP contribution is -2.40. The zero-order valence-corrected chi connectivity index (χ0v) is 10.8. The van der Waals surface area contributed by atoms with Crippen LogP contribution in [-0.2, 0) is 0 Å². The molecule has 1 atom stereocenters. The molecule has 1 fully saturated rings. The predicted octanol–water partition coefficient (Wildman–Crippen LogP) is 4.08. The molecular weight excluding hydrogens is 182 g/mol. The second-order valence-corrected chi connectivity index (χ2v) is 5.16. The summed E-state index contributed by atoms with van der Waals surface area (Å²) in [6.07, 6.45) is 11.4. The second-order valence-electron chi connectivity index (χ2n) is 5.16. The standard InChI is InChI=1S/C14H29N/c1-3-5-7-10-14(9-6-4-2)13-15-11-8-12-15/h14H,3-13H2,1-2H3. The van der Waals surface area contributed by atoms with Crippen LogP contribution < -0.4 is 0 Å². The molecule has 1 heterocycles. The molecule has 0 aromatic rings.